The molecule has 2 aromatic carbocycles. The van der Waals surface area contributed by atoms with Crippen LogP contribution in [0.5, 0.6) is 0 Å². The van der Waals surface area contributed by atoms with Crippen molar-refractivity contribution in [3.63, 3.8) is 0 Å². The number of thioether (sulfide) groups is 1. The smallest absolute Gasteiger partial charge is 0.242 e. The molecule has 0 N–H and O–H groups in total. The monoisotopic (exact) mass is 344 g/mol. The fourth-order valence-corrected chi connectivity index (χ4v) is 3.08. The second-order valence-electron chi connectivity index (χ2n) is 4.98. The summed E-state index contributed by atoms with van der Waals surface area (Å²) in [6.45, 7) is 2.07. The molecule has 0 aliphatic carbocycles. The van der Waals surface area contributed by atoms with Gasteiger partial charge in [0.25, 0.3) is 0 Å². The van der Waals surface area contributed by atoms with Gasteiger partial charge in [-0.25, -0.2) is 4.98 Å². The van der Waals surface area contributed by atoms with E-state index in [2.05, 4.69) is 24.0 Å². The maximum Gasteiger partial charge on any atom is 0.242 e. The fourth-order valence-electron chi connectivity index (χ4n) is 2.31. The molecular weight excluding hydrogens is 328 g/mol. The van der Waals surface area contributed by atoms with Crippen LogP contribution in [0.4, 0.5) is 0 Å². The highest BCUT2D eigenvalue weighted by molar-refractivity contribution is 8.14. The highest BCUT2D eigenvalue weighted by atomic mass is 35.5. The van der Waals surface area contributed by atoms with Gasteiger partial charge in [0.15, 0.2) is 0 Å². The molecule has 3 nitrogen and oxygen atoms in total. The van der Waals surface area contributed by atoms with Crippen LogP contribution in [-0.2, 0) is 0 Å². The standard InChI is InChI=1S/C18H16N2OS.ClH/c1-14(15-8-4-2-5-9-15)20-13-19-12-17(20)18(21)22-16-10-6-3-7-11-16;/h2-14H,1H3;1H. The van der Waals surface area contributed by atoms with Crippen LogP contribution in [0.1, 0.15) is 29.0 Å². The Morgan fingerprint density at radius 2 is 1.65 bits per heavy atom. The zero-order valence-corrected chi connectivity index (χ0v) is 14.3. The third kappa shape index (κ3) is 4.03. The molecule has 23 heavy (non-hydrogen) atoms. The van der Waals surface area contributed by atoms with Crippen LogP contribution in [0.3, 0.4) is 0 Å². The summed E-state index contributed by atoms with van der Waals surface area (Å²) in [6, 6.07) is 19.8. The van der Waals surface area contributed by atoms with E-state index < -0.39 is 0 Å². The van der Waals surface area contributed by atoms with Gasteiger partial charge in [-0.2, -0.15) is 0 Å². The molecule has 0 amide bonds. The lowest BCUT2D eigenvalue weighted by molar-refractivity contribution is 0.108. The average molecular weight is 345 g/mol. The van der Waals surface area contributed by atoms with Crippen LogP contribution in [0.25, 0.3) is 0 Å². The summed E-state index contributed by atoms with van der Waals surface area (Å²) in [5, 5.41) is 0.00600. The summed E-state index contributed by atoms with van der Waals surface area (Å²) in [5.74, 6) is 0. The highest BCUT2D eigenvalue weighted by Crippen LogP contribution is 2.25. The highest BCUT2D eigenvalue weighted by Gasteiger charge is 2.17. The minimum atomic E-state index is 0. The van der Waals surface area contributed by atoms with Crippen molar-refractivity contribution in [2.24, 2.45) is 0 Å². The third-order valence-electron chi connectivity index (χ3n) is 3.53. The molecule has 1 heterocycles. The first-order chi connectivity index (χ1) is 10.8. The van der Waals surface area contributed by atoms with Crippen LogP contribution in [0.2, 0.25) is 0 Å². The van der Waals surface area contributed by atoms with Crippen LogP contribution < -0.4 is 0 Å². The largest absolute Gasteiger partial charge is 0.320 e. The van der Waals surface area contributed by atoms with Gasteiger partial charge in [0.1, 0.15) is 5.69 Å². The Hall–Kier alpha value is -2.04. The summed E-state index contributed by atoms with van der Waals surface area (Å²) in [5.41, 5.74) is 1.77. The predicted octanol–water partition coefficient (Wildman–Crippen LogP) is 4.85. The van der Waals surface area contributed by atoms with Crippen molar-refractivity contribution in [3.8, 4) is 0 Å². The van der Waals surface area contributed by atoms with Crippen molar-refractivity contribution < 1.29 is 4.79 Å². The topological polar surface area (TPSA) is 34.9 Å². The molecule has 0 radical (unpaired) electrons. The van der Waals surface area contributed by atoms with E-state index in [0.717, 1.165) is 10.5 Å². The van der Waals surface area contributed by atoms with Crippen molar-refractivity contribution in [1.29, 1.82) is 0 Å². The van der Waals surface area contributed by atoms with Gasteiger partial charge >= 0.3 is 0 Å². The van der Waals surface area contributed by atoms with E-state index >= 15 is 0 Å². The Kier molecular flexibility index (Phi) is 6.02. The van der Waals surface area contributed by atoms with E-state index in [1.807, 2.05) is 53.1 Å². The number of nitrogens with zero attached hydrogens (tertiary/aromatic N) is 2. The van der Waals surface area contributed by atoms with Gasteiger partial charge < -0.3 is 4.57 Å². The molecule has 0 aliphatic rings. The lowest BCUT2D eigenvalue weighted by Gasteiger charge is -2.16. The maximum absolute atomic E-state index is 12.5. The minimum absolute atomic E-state index is 0. The van der Waals surface area contributed by atoms with Gasteiger partial charge in [-0.1, -0.05) is 48.5 Å². The molecule has 5 heteroatoms. The minimum Gasteiger partial charge on any atom is -0.320 e. The first kappa shape index (κ1) is 17.3. The number of aromatic nitrogens is 2. The molecular formula is C18H17ClN2OS. The summed E-state index contributed by atoms with van der Waals surface area (Å²) in [6.07, 6.45) is 3.36. The summed E-state index contributed by atoms with van der Waals surface area (Å²) in [4.78, 5) is 17.6. The third-order valence-corrected chi connectivity index (χ3v) is 4.43. The van der Waals surface area contributed by atoms with Gasteiger partial charge in [0, 0.05) is 4.90 Å². The first-order valence-corrected chi connectivity index (χ1v) is 7.91. The number of carbonyl (C=O) groups is 1. The number of benzene rings is 2. The van der Waals surface area contributed by atoms with Crippen LogP contribution in [-0.4, -0.2) is 14.7 Å². The average Bonchev–Trinajstić information content (AvgIpc) is 3.05. The van der Waals surface area contributed by atoms with E-state index in [4.69, 9.17) is 0 Å². The number of rotatable bonds is 4. The molecule has 0 spiro atoms. The Labute approximate surface area is 146 Å². The zero-order chi connectivity index (χ0) is 15.4. The maximum atomic E-state index is 12.5. The van der Waals surface area contributed by atoms with Crippen LogP contribution in [0, 0.1) is 0 Å². The molecule has 0 bridgehead atoms. The van der Waals surface area contributed by atoms with E-state index in [1.54, 1.807) is 12.5 Å². The van der Waals surface area contributed by atoms with Gasteiger partial charge in [0.2, 0.25) is 5.12 Å². The van der Waals surface area contributed by atoms with E-state index in [0.29, 0.717) is 5.69 Å². The van der Waals surface area contributed by atoms with Gasteiger partial charge in [-0.3, -0.25) is 4.79 Å². The summed E-state index contributed by atoms with van der Waals surface area (Å²) in [7, 11) is 0. The molecule has 1 unspecified atom stereocenters. The Bertz CT molecular complexity index is 759. The number of hydrogen-bond donors (Lipinski definition) is 0. The van der Waals surface area contributed by atoms with Gasteiger partial charge in [0.05, 0.1) is 18.6 Å². The fraction of sp³-hybridized carbons (Fsp3) is 0.111. The lowest BCUT2D eigenvalue weighted by atomic mass is 10.1. The normalized spacial score (nSPS) is 11.5. The summed E-state index contributed by atoms with van der Waals surface area (Å²) < 4.78 is 1.92. The van der Waals surface area contributed by atoms with Crippen molar-refractivity contribution in [2.75, 3.05) is 0 Å². The Morgan fingerprint density at radius 3 is 2.30 bits per heavy atom. The van der Waals surface area contributed by atoms with E-state index in [1.165, 1.54) is 11.8 Å². The SMILES string of the molecule is CC(c1ccccc1)n1cncc1C(=O)Sc1ccccc1.Cl. The molecule has 3 rings (SSSR count). The number of carbonyl (C=O) groups excluding carboxylic acids is 1. The molecule has 0 saturated heterocycles. The molecule has 3 aromatic rings. The molecule has 1 atom stereocenters. The Balaban J connectivity index is 0.00000192. The van der Waals surface area contributed by atoms with Gasteiger partial charge in [-0.15, -0.1) is 12.4 Å². The van der Waals surface area contributed by atoms with Crippen molar-refractivity contribution in [2.45, 2.75) is 17.9 Å². The number of imidazole rings is 1. The predicted molar refractivity (Wildman–Crippen MR) is 96.4 cm³/mol. The van der Waals surface area contributed by atoms with Crippen molar-refractivity contribution >= 4 is 29.3 Å². The van der Waals surface area contributed by atoms with Crippen molar-refractivity contribution in [3.05, 3.63) is 84.4 Å². The molecule has 0 saturated carbocycles. The molecule has 0 fully saturated rings. The number of halogens is 1. The quantitative estimate of drug-likeness (QED) is 0.635. The molecule has 1 aromatic heterocycles. The van der Waals surface area contributed by atoms with E-state index in [-0.39, 0.29) is 23.6 Å². The van der Waals surface area contributed by atoms with Gasteiger partial charge in [-0.05, 0) is 36.4 Å². The zero-order valence-electron chi connectivity index (χ0n) is 12.6. The lowest BCUT2D eigenvalue weighted by Crippen LogP contribution is -2.11. The molecule has 118 valence electrons. The van der Waals surface area contributed by atoms with Crippen LogP contribution >= 0.6 is 24.2 Å². The first-order valence-electron chi connectivity index (χ1n) is 7.09. The van der Waals surface area contributed by atoms with Crippen LogP contribution in [0.15, 0.2) is 78.1 Å². The second-order valence-corrected chi connectivity index (χ2v) is 6.02. The Morgan fingerprint density at radius 1 is 1.04 bits per heavy atom. The van der Waals surface area contributed by atoms with E-state index in [9.17, 15) is 4.79 Å². The summed E-state index contributed by atoms with van der Waals surface area (Å²) >= 11 is 1.23. The van der Waals surface area contributed by atoms with Crippen molar-refractivity contribution in [1.82, 2.24) is 9.55 Å². The second kappa shape index (κ2) is 7.99. The molecule has 0 aliphatic heterocycles. The number of hydrogen-bond acceptors (Lipinski definition) is 3.